The largest absolute Gasteiger partial charge is 0.330 e. The first-order valence-corrected chi connectivity index (χ1v) is 6.44. The summed E-state index contributed by atoms with van der Waals surface area (Å²) in [7, 11) is 0. The number of nitrogens with zero attached hydrogens (tertiary/aromatic N) is 2. The normalized spacial score (nSPS) is 21.5. The Kier molecular flexibility index (Phi) is 2.70. The Hall–Kier alpha value is -0.310. The van der Waals surface area contributed by atoms with Crippen LogP contribution in [0.2, 0.25) is 0 Å². The lowest BCUT2D eigenvalue weighted by atomic mass is 9.94. The molecule has 1 aliphatic heterocycles. The summed E-state index contributed by atoms with van der Waals surface area (Å²) in [5, 5.41) is 0. The van der Waals surface area contributed by atoms with E-state index >= 15 is 0 Å². The Morgan fingerprint density at radius 1 is 1.40 bits per heavy atom. The highest BCUT2D eigenvalue weighted by atomic mass is 79.9. The van der Waals surface area contributed by atoms with E-state index in [-0.39, 0.29) is 5.41 Å². The lowest BCUT2D eigenvalue weighted by molar-refractivity contribution is 0.370. The topological polar surface area (TPSA) is 17.8 Å². The Morgan fingerprint density at radius 2 is 2.07 bits per heavy atom. The molecule has 0 amide bonds. The van der Waals surface area contributed by atoms with Crippen molar-refractivity contribution in [1.29, 1.82) is 0 Å². The Labute approximate surface area is 100 Å². The molecule has 0 radical (unpaired) electrons. The van der Waals surface area contributed by atoms with Crippen LogP contribution in [-0.2, 0) is 18.4 Å². The van der Waals surface area contributed by atoms with Crippen molar-refractivity contribution >= 4 is 15.9 Å². The van der Waals surface area contributed by atoms with Crippen LogP contribution in [0.1, 0.15) is 45.6 Å². The van der Waals surface area contributed by atoms with Crippen molar-refractivity contribution in [2.45, 2.75) is 52.5 Å². The molecule has 2 heterocycles. The third-order valence-corrected chi connectivity index (χ3v) is 3.70. The maximum atomic E-state index is 4.68. The molecule has 3 heteroatoms. The average Bonchev–Trinajstić information content (AvgIpc) is 2.42. The number of hydrogen-bond donors (Lipinski definition) is 0. The second kappa shape index (κ2) is 3.62. The van der Waals surface area contributed by atoms with Gasteiger partial charge in [-0.2, -0.15) is 0 Å². The van der Waals surface area contributed by atoms with Crippen molar-refractivity contribution in [3.63, 3.8) is 0 Å². The van der Waals surface area contributed by atoms with Crippen LogP contribution in [-0.4, -0.2) is 9.55 Å². The average molecular weight is 271 g/mol. The lowest BCUT2D eigenvalue weighted by Crippen LogP contribution is -2.25. The monoisotopic (exact) mass is 270 g/mol. The Bertz CT molecular complexity index is 374. The van der Waals surface area contributed by atoms with Crippen LogP contribution in [0.15, 0.2) is 4.60 Å². The lowest BCUT2D eigenvalue weighted by Gasteiger charge is -2.26. The summed E-state index contributed by atoms with van der Waals surface area (Å²) in [6.07, 6.45) is 2.44. The van der Waals surface area contributed by atoms with Gasteiger partial charge < -0.3 is 4.57 Å². The fraction of sp³-hybridized carbons (Fsp3) is 0.750. The highest BCUT2D eigenvalue weighted by Gasteiger charge is 2.28. The first-order valence-electron chi connectivity index (χ1n) is 5.65. The van der Waals surface area contributed by atoms with E-state index in [4.69, 9.17) is 0 Å². The van der Waals surface area contributed by atoms with E-state index in [1.165, 1.54) is 17.9 Å². The molecular formula is C12H19BrN2. The predicted molar refractivity (Wildman–Crippen MR) is 66.1 cm³/mol. The van der Waals surface area contributed by atoms with Crippen LogP contribution in [0.4, 0.5) is 0 Å². The van der Waals surface area contributed by atoms with Crippen molar-refractivity contribution < 1.29 is 0 Å². The second-order valence-corrected chi connectivity index (χ2v) is 6.43. The van der Waals surface area contributed by atoms with Gasteiger partial charge in [0.1, 0.15) is 10.4 Å². The van der Waals surface area contributed by atoms with Crippen LogP contribution in [0.25, 0.3) is 0 Å². The van der Waals surface area contributed by atoms with Gasteiger partial charge in [-0.25, -0.2) is 4.98 Å². The molecule has 1 aliphatic rings. The molecule has 0 bridgehead atoms. The molecular weight excluding hydrogens is 252 g/mol. The van der Waals surface area contributed by atoms with Gasteiger partial charge in [0.2, 0.25) is 0 Å². The molecule has 0 aromatic carbocycles. The summed E-state index contributed by atoms with van der Waals surface area (Å²) < 4.78 is 3.47. The number of imidazole rings is 1. The third-order valence-electron chi connectivity index (χ3n) is 3.06. The summed E-state index contributed by atoms with van der Waals surface area (Å²) in [6.45, 7) is 10.1. The smallest absolute Gasteiger partial charge is 0.127 e. The number of aromatic nitrogens is 2. The van der Waals surface area contributed by atoms with Crippen molar-refractivity contribution in [3.8, 4) is 0 Å². The maximum Gasteiger partial charge on any atom is 0.127 e. The molecule has 1 unspecified atom stereocenters. The van der Waals surface area contributed by atoms with Gasteiger partial charge in [0.05, 0.1) is 5.69 Å². The van der Waals surface area contributed by atoms with E-state index in [1.807, 2.05) is 0 Å². The zero-order valence-electron chi connectivity index (χ0n) is 9.97. The highest BCUT2D eigenvalue weighted by Crippen LogP contribution is 2.32. The van der Waals surface area contributed by atoms with E-state index in [0.717, 1.165) is 23.5 Å². The maximum absolute atomic E-state index is 4.68. The second-order valence-electron chi connectivity index (χ2n) is 5.68. The summed E-state index contributed by atoms with van der Waals surface area (Å²) in [5.74, 6) is 2.00. The first kappa shape index (κ1) is 11.2. The van der Waals surface area contributed by atoms with Crippen molar-refractivity contribution in [3.05, 3.63) is 16.1 Å². The van der Waals surface area contributed by atoms with Crippen LogP contribution in [0.3, 0.4) is 0 Å². The number of fused-ring (bicyclic) bond motifs is 1. The van der Waals surface area contributed by atoms with E-state index in [0.29, 0.717) is 0 Å². The molecule has 0 spiro atoms. The molecule has 1 atom stereocenters. The van der Waals surface area contributed by atoms with Crippen molar-refractivity contribution in [2.75, 3.05) is 0 Å². The molecule has 1 aromatic heterocycles. The van der Waals surface area contributed by atoms with E-state index in [1.54, 1.807) is 0 Å². The molecule has 2 rings (SSSR count). The standard InChI is InChI=1S/C12H19BrN2/c1-8-5-6-9-10(13)14-11(12(2,3)4)15(9)7-8/h8H,5-7H2,1-4H3. The number of halogens is 1. The Balaban J connectivity index is 2.50. The van der Waals surface area contributed by atoms with E-state index in [9.17, 15) is 0 Å². The molecule has 0 saturated heterocycles. The van der Waals surface area contributed by atoms with Gasteiger partial charge in [-0.3, -0.25) is 0 Å². The van der Waals surface area contributed by atoms with E-state index < -0.39 is 0 Å². The van der Waals surface area contributed by atoms with Gasteiger partial charge in [0.15, 0.2) is 0 Å². The van der Waals surface area contributed by atoms with E-state index in [2.05, 4.69) is 53.2 Å². The van der Waals surface area contributed by atoms with Crippen LogP contribution in [0.5, 0.6) is 0 Å². The van der Waals surface area contributed by atoms with Crippen LogP contribution >= 0.6 is 15.9 Å². The van der Waals surface area contributed by atoms with Gasteiger partial charge in [-0.15, -0.1) is 0 Å². The van der Waals surface area contributed by atoms with Gasteiger partial charge in [-0.05, 0) is 34.7 Å². The zero-order chi connectivity index (χ0) is 11.2. The quantitative estimate of drug-likeness (QED) is 0.706. The van der Waals surface area contributed by atoms with Gasteiger partial charge in [0, 0.05) is 12.0 Å². The third kappa shape index (κ3) is 1.99. The number of hydrogen-bond acceptors (Lipinski definition) is 1. The fourth-order valence-corrected chi connectivity index (χ4v) is 2.83. The zero-order valence-corrected chi connectivity index (χ0v) is 11.6. The van der Waals surface area contributed by atoms with Gasteiger partial charge >= 0.3 is 0 Å². The molecule has 2 nitrogen and oxygen atoms in total. The minimum atomic E-state index is 0.137. The van der Waals surface area contributed by atoms with Crippen LogP contribution in [0, 0.1) is 5.92 Å². The van der Waals surface area contributed by atoms with Gasteiger partial charge in [0.25, 0.3) is 0 Å². The predicted octanol–water partition coefficient (Wildman–Crippen LogP) is 3.53. The Morgan fingerprint density at radius 3 is 2.67 bits per heavy atom. The minimum Gasteiger partial charge on any atom is -0.330 e. The summed E-state index contributed by atoms with van der Waals surface area (Å²) >= 11 is 3.58. The molecule has 0 N–H and O–H groups in total. The van der Waals surface area contributed by atoms with Crippen molar-refractivity contribution in [2.24, 2.45) is 5.92 Å². The minimum absolute atomic E-state index is 0.137. The van der Waals surface area contributed by atoms with Crippen molar-refractivity contribution in [1.82, 2.24) is 9.55 Å². The molecule has 0 aliphatic carbocycles. The number of rotatable bonds is 0. The molecule has 1 aromatic rings. The molecule has 0 fully saturated rings. The molecule has 15 heavy (non-hydrogen) atoms. The fourth-order valence-electron chi connectivity index (χ4n) is 2.25. The summed E-state index contributed by atoms with van der Waals surface area (Å²) in [5.41, 5.74) is 1.52. The van der Waals surface area contributed by atoms with Gasteiger partial charge in [-0.1, -0.05) is 27.7 Å². The first-order chi connectivity index (χ1) is 6.89. The highest BCUT2D eigenvalue weighted by molar-refractivity contribution is 9.10. The SMILES string of the molecule is CC1CCc2c(Br)nc(C(C)(C)C)n2C1. The molecule has 0 saturated carbocycles. The van der Waals surface area contributed by atoms with Crippen LogP contribution < -0.4 is 0 Å². The summed E-state index contributed by atoms with van der Waals surface area (Å²) in [6, 6.07) is 0. The molecule has 84 valence electrons. The summed E-state index contributed by atoms with van der Waals surface area (Å²) in [4.78, 5) is 4.68.